The summed E-state index contributed by atoms with van der Waals surface area (Å²) in [5.41, 5.74) is 9.49. The van der Waals surface area contributed by atoms with Crippen molar-refractivity contribution in [3.05, 3.63) is 197 Å². The summed E-state index contributed by atoms with van der Waals surface area (Å²) >= 11 is 6.00. The van der Waals surface area contributed by atoms with Gasteiger partial charge in [0.25, 0.3) is 11.8 Å². The van der Waals surface area contributed by atoms with Crippen LogP contribution in [0, 0.1) is 0 Å². The summed E-state index contributed by atoms with van der Waals surface area (Å²) in [5, 5.41) is 14.4. The zero-order chi connectivity index (χ0) is 36.9. The third kappa shape index (κ3) is 7.12. The molecule has 10 heteroatoms. The van der Waals surface area contributed by atoms with Crippen molar-refractivity contribution in [1.82, 2.24) is 10.4 Å². The first kappa shape index (κ1) is 33.9. The Bertz CT molecular complexity index is 2600. The molecule has 1 aromatic heterocycles. The maximum absolute atomic E-state index is 14.3. The Balaban J connectivity index is 1.10. The topological polar surface area (TPSA) is 115 Å². The zero-order valence-corrected chi connectivity index (χ0v) is 29.4. The standard InChI is InChI=1S/C44H30ClN7O2/c45-33-22-24-34(25-23-33)48-49-41(30-14-6-2-7-15-30)50-51-43(53)32-20-26-35(27-21-32)52-42(31-16-8-3-9-17-31)47-39(44(52)54)28-37-36-18-10-11-19-38(36)46-40(37)29-12-4-1-5-13-29/h1-28,46H,(H,51,53)/b39-28-,49-48?,50-41-. The maximum atomic E-state index is 14.3. The number of nitrogens with zero attached hydrogens (tertiary/aromatic N) is 5. The maximum Gasteiger partial charge on any atom is 0.282 e. The fraction of sp³-hybridized carbons (Fsp3) is 0. The van der Waals surface area contributed by atoms with Crippen LogP contribution in [0.4, 0.5) is 11.4 Å². The van der Waals surface area contributed by atoms with E-state index in [2.05, 4.69) is 25.7 Å². The minimum Gasteiger partial charge on any atom is -0.354 e. The quantitative estimate of drug-likeness (QED) is 0.0534. The molecule has 0 fully saturated rings. The number of hydrogen-bond donors (Lipinski definition) is 2. The minimum absolute atomic E-state index is 0.215. The van der Waals surface area contributed by atoms with Gasteiger partial charge in [-0.15, -0.1) is 15.3 Å². The molecule has 0 spiro atoms. The number of azo groups is 1. The second kappa shape index (κ2) is 15.2. The molecule has 0 atom stereocenters. The van der Waals surface area contributed by atoms with Crippen molar-refractivity contribution < 1.29 is 9.59 Å². The summed E-state index contributed by atoms with van der Waals surface area (Å²) in [6.07, 6.45) is 1.85. The van der Waals surface area contributed by atoms with Crippen molar-refractivity contribution in [3.8, 4) is 11.3 Å². The van der Waals surface area contributed by atoms with Gasteiger partial charge in [0.05, 0.1) is 17.1 Å². The summed E-state index contributed by atoms with van der Waals surface area (Å²) < 4.78 is 0. The number of fused-ring (bicyclic) bond motifs is 1. The van der Waals surface area contributed by atoms with Gasteiger partial charge in [-0.2, -0.15) is 0 Å². The van der Waals surface area contributed by atoms with Crippen molar-refractivity contribution in [2.24, 2.45) is 20.3 Å². The Morgan fingerprint density at radius 3 is 2.04 bits per heavy atom. The molecule has 0 radical (unpaired) electrons. The van der Waals surface area contributed by atoms with E-state index < -0.39 is 5.91 Å². The van der Waals surface area contributed by atoms with Gasteiger partial charge in [-0.25, -0.2) is 10.4 Å². The number of aromatic amines is 1. The molecule has 260 valence electrons. The molecule has 1 aliphatic heterocycles. The molecular weight excluding hydrogens is 694 g/mol. The molecule has 1 aliphatic rings. The molecule has 0 saturated carbocycles. The van der Waals surface area contributed by atoms with E-state index in [1.165, 1.54) is 0 Å². The Kier molecular flexibility index (Phi) is 9.52. The number of carbonyl (C=O) groups is 2. The highest BCUT2D eigenvalue weighted by Crippen LogP contribution is 2.35. The molecule has 2 N–H and O–H groups in total. The molecular formula is C44H30ClN7O2. The predicted octanol–water partition coefficient (Wildman–Crippen LogP) is 10.2. The highest BCUT2D eigenvalue weighted by atomic mass is 35.5. The van der Waals surface area contributed by atoms with E-state index in [-0.39, 0.29) is 17.4 Å². The molecule has 6 aromatic carbocycles. The van der Waals surface area contributed by atoms with Crippen LogP contribution in [0.2, 0.25) is 5.02 Å². The summed E-state index contributed by atoms with van der Waals surface area (Å²) in [6.45, 7) is 0. The number of hydrazone groups is 1. The lowest BCUT2D eigenvalue weighted by Gasteiger charge is -2.19. The third-order valence-corrected chi connectivity index (χ3v) is 9.00. The van der Waals surface area contributed by atoms with Crippen molar-refractivity contribution in [2.45, 2.75) is 0 Å². The Morgan fingerprint density at radius 1 is 0.704 bits per heavy atom. The average molecular weight is 724 g/mol. The summed E-state index contributed by atoms with van der Waals surface area (Å²) in [7, 11) is 0. The molecule has 0 aliphatic carbocycles. The second-order valence-electron chi connectivity index (χ2n) is 12.3. The monoisotopic (exact) mass is 723 g/mol. The van der Waals surface area contributed by atoms with E-state index in [9.17, 15) is 9.59 Å². The Labute approximate surface area is 315 Å². The molecule has 0 saturated heterocycles. The number of amides is 2. The van der Waals surface area contributed by atoms with Crippen molar-refractivity contribution in [2.75, 3.05) is 4.90 Å². The number of carbonyl (C=O) groups excluding carboxylic acids is 2. The first-order valence-corrected chi connectivity index (χ1v) is 17.5. The molecule has 54 heavy (non-hydrogen) atoms. The first-order valence-electron chi connectivity index (χ1n) is 17.1. The van der Waals surface area contributed by atoms with E-state index in [1.807, 2.05) is 121 Å². The normalized spacial score (nSPS) is 13.9. The fourth-order valence-corrected chi connectivity index (χ4v) is 6.22. The van der Waals surface area contributed by atoms with E-state index in [1.54, 1.807) is 53.4 Å². The van der Waals surface area contributed by atoms with Crippen LogP contribution in [-0.4, -0.2) is 28.5 Å². The van der Waals surface area contributed by atoms with Gasteiger partial charge < -0.3 is 4.98 Å². The molecule has 2 heterocycles. The van der Waals surface area contributed by atoms with Crippen LogP contribution in [-0.2, 0) is 4.79 Å². The highest BCUT2D eigenvalue weighted by molar-refractivity contribution is 6.33. The number of anilines is 1. The minimum atomic E-state index is -0.463. The van der Waals surface area contributed by atoms with E-state index in [0.717, 1.165) is 33.3 Å². The summed E-state index contributed by atoms with van der Waals surface area (Å²) in [6, 6.07) is 50.4. The molecule has 0 bridgehead atoms. The number of aromatic nitrogens is 1. The van der Waals surface area contributed by atoms with Crippen molar-refractivity contribution >= 4 is 63.4 Å². The first-order chi connectivity index (χ1) is 26.5. The van der Waals surface area contributed by atoms with E-state index in [4.69, 9.17) is 16.6 Å². The molecule has 9 nitrogen and oxygen atoms in total. The highest BCUT2D eigenvalue weighted by Gasteiger charge is 2.33. The number of aliphatic imine (C=N–C) groups is 1. The predicted molar refractivity (Wildman–Crippen MR) is 215 cm³/mol. The fourth-order valence-electron chi connectivity index (χ4n) is 6.09. The number of H-pyrrole nitrogens is 1. The van der Waals surface area contributed by atoms with Gasteiger partial charge in [0.1, 0.15) is 11.5 Å². The van der Waals surface area contributed by atoms with E-state index >= 15 is 0 Å². The summed E-state index contributed by atoms with van der Waals surface area (Å²) in [5.74, 6) is -0.0617. The lowest BCUT2D eigenvalue weighted by atomic mass is 10.0. The third-order valence-electron chi connectivity index (χ3n) is 8.75. The summed E-state index contributed by atoms with van der Waals surface area (Å²) in [4.78, 5) is 37.7. The molecule has 0 unspecified atom stereocenters. The van der Waals surface area contributed by atoms with Gasteiger partial charge in [0.15, 0.2) is 0 Å². The number of halogens is 1. The average Bonchev–Trinajstić information content (AvgIpc) is 3.76. The zero-order valence-electron chi connectivity index (χ0n) is 28.6. The molecule has 7 aromatic rings. The van der Waals surface area contributed by atoms with Gasteiger partial charge in [-0.05, 0) is 66.2 Å². The van der Waals surface area contributed by atoms with Crippen molar-refractivity contribution in [1.29, 1.82) is 0 Å². The Hall–Kier alpha value is -7.23. The second-order valence-corrected chi connectivity index (χ2v) is 12.7. The smallest absolute Gasteiger partial charge is 0.282 e. The number of nitrogens with one attached hydrogen (secondary N) is 2. The van der Waals surface area contributed by atoms with Crippen LogP contribution in [0.5, 0.6) is 0 Å². The van der Waals surface area contributed by atoms with Gasteiger partial charge in [0, 0.05) is 38.2 Å². The number of hydrogen-bond acceptors (Lipinski definition) is 5. The lowest BCUT2D eigenvalue weighted by Crippen LogP contribution is -2.32. The van der Waals surface area contributed by atoms with Crippen LogP contribution in [0.25, 0.3) is 28.2 Å². The van der Waals surface area contributed by atoms with Gasteiger partial charge in [-0.3, -0.25) is 14.5 Å². The molecule has 2 amide bonds. The van der Waals surface area contributed by atoms with Gasteiger partial charge in [-0.1, -0.05) is 121 Å². The van der Waals surface area contributed by atoms with Crippen LogP contribution in [0.3, 0.4) is 0 Å². The Morgan fingerprint density at radius 2 is 1.33 bits per heavy atom. The lowest BCUT2D eigenvalue weighted by molar-refractivity contribution is -0.113. The number of rotatable bonds is 8. The number of para-hydroxylation sites is 1. The van der Waals surface area contributed by atoms with Crippen LogP contribution in [0.1, 0.15) is 27.0 Å². The van der Waals surface area contributed by atoms with Gasteiger partial charge in [0.2, 0.25) is 5.84 Å². The number of amidine groups is 2. The largest absolute Gasteiger partial charge is 0.354 e. The number of benzene rings is 6. The molecule has 8 rings (SSSR count). The van der Waals surface area contributed by atoms with Crippen LogP contribution < -0.4 is 10.3 Å². The van der Waals surface area contributed by atoms with Gasteiger partial charge >= 0.3 is 0 Å². The SMILES string of the molecule is O=C(N/N=C(\N=Nc1ccc(Cl)cc1)c1ccccc1)c1ccc(N2C(=O)/C(=C/c3c(-c4ccccc4)[nH]c4ccccc34)N=C2c2ccccc2)cc1. The van der Waals surface area contributed by atoms with Crippen LogP contribution in [0.15, 0.2) is 190 Å². The van der Waals surface area contributed by atoms with Crippen molar-refractivity contribution in [3.63, 3.8) is 0 Å². The van der Waals surface area contributed by atoms with Crippen LogP contribution >= 0.6 is 11.6 Å². The van der Waals surface area contributed by atoms with E-state index in [0.29, 0.717) is 33.4 Å².